The Morgan fingerprint density at radius 3 is 2.65 bits per heavy atom. The topological polar surface area (TPSA) is 72.2 Å². The fourth-order valence-corrected chi connectivity index (χ4v) is 2.92. The Labute approximate surface area is 136 Å². The van der Waals surface area contributed by atoms with Crippen LogP contribution in [0.3, 0.4) is 0 Å². The molecule has 0 unspecified atom stereocenters. The average Bonchev–Trinajstić information content (AvgIpc) is 3.03. The van der Waals surface area contributed by atoms with E-state index in [1.165, 1.54) is 12.1 Å². The largest absolute Gasteiger partial charge is 0.324 e. The van der Waals surface area contributed by atoms with Gasteiger partial charge in [0.2, 0.25) is 5.91 Å². The van der Waals surface area contributed by atoms with Crippen LogP contribution in [0, 0.1) is 10.1 Å². The predicted octanol–water partition coefficient (Wildman–Crippen LogP) is 4.46. The third-order valence-corrected chi connectivity index (χ3v) is 4.24. The first-order chi connectivity index (χ1) is 11.1. The minimum atomic E-state index is -0.446. The van der Waals surface area contributed by atoms with Crippen LogP contribution in [0.1, 0.15) is 4.88 Å². The number of nitrogens with one attached hydrogen (secondary N) is 1. The van der Waals surface area contributed by atoms with E-state index in [1.807, 2.05) is 42.5 Å². The van der Waals surface area contributed by atoms with Crippen molar-refractivity contribution in [1.82, 2.24) is 0 Å². The van der Waals surface area contributed by atoms with Crippen LogP contribution in [0.2, 0.25) is 0 Å². The molecule has 23 heavy (non-hydrogen) atoms. The summed E-state index contributed by atoms with van der Waals surface area (Å²) >= 11 is 1.03. The molecule has 0 aliphatic carbocycles. The number of hydrogen-bond donors (Lipinski definition) is 1. The molecule has 2 aromatic carbocycles. The van der Waals surface area contributed by atoms with Crippen LogP contribution in [0.4, 0.5) is 10.7 Å². The van der Waals surface area contributed by atoms with E-state index in [0.717, 1.165) is 27.8 Å². The Morgan fingerprint density at radius 2 is 1.87 bits per heavy atom. The molecule has 0 aliphatic heterocycles. The Balaban J connectivity index is 1.75. The molecule has 114 valence electrons. The number of anilines is 1. The summed E-state index contributed by atoms with van der Waals surface area (Å²) in [5.41, 5.74) is 0.731. The molecule has 0 spiro atoms. The number of hydrogen-bond acceptors (Lipinski definition) is 4. The van der Waals surface area contributed by atoms with Crippen LogP contribution in [-0.4, -0.2) is 10.8 Å². The Bertz CT molecular complexity index is 910. The van der Waals surface area contributed by atoms with Gasteiger partial charge in [0.15, 0.2) is 0 Å². The molecule has 3 aromatic rings. The summed E-state index contributed by atoms with van der Waals surface area (Å²) < 4.78 is 0. The predicted molar refractivity (Wildman–Crippen MR) is 92.6 cm³/mol. The van der Waals surface area contributed by atoms with Gasteiger partial charge in [0.25, 0.3) is 0 Å². The van der Waals surface area contributed by atoms with Crippen LogP contribution in [-0.2, 0) is 4.79 Å². The molecule has 5 nitrogen and oxygen atoms in total. The highest BCUT2D eigenvalue weighted by molar-refractivity contribution is 7.16. The molecule has 0 radical (unpaired) electrons. The summed E-state index contributed by atoms with van der Waals surface area (Å²) in [5, 5.41) is 15.5. The summed E-state index contributed by atoms with van der Waals surface area (Å²) in [6.07, 6.45) is 2.94. The van der Waals surface area contributed by atoms with Gasteiger partial charge < -0.3 is 5.32 Å². The lowest BCUT2D eigenvalue weighted by atomic mass is 10.1. The summed E-state index contributed by atoms with van der Waals surface area (Å²) in [6, 6.07) is 16.5. The maximum absolute atomic E-state index is 12.0. The molecule has 1 aromatic heterocycles. The van der Waals surface area contributed by atoms with E-state index in [4.69, 9.17) is 0 Å². The molecule has 0 fully saturated rings. The standard InChI is InChI=1S/C17H12N2O3S/c20-16(10-8-13-9-11-17(23-13)19(21)22)18-15-7-3-5-12-4-1-2-6-14(12)15/h1-11H,(H,18,20)/b10-8+. The van der Waals surface area contributed by atoms with Gasteiger partial charge in [0.1, 0.15) is 0 Å². The molecule has 0 atom stereocenters. The molecular formula is C17H12N2O3S. The molecule has 1 N–H and O–H groups in total. The molecule has 1 amide bonds. The van der Waals surface area contributed by atoms with E-state index in [9.17, 15) is 14.9 Å². The van der Waals surface area contributed by atoms with Gasteiger partial charge in [-0.3, -0.25) is 14.9 Å². The first-order valence-electron chi connectivity index (χ1n) is 6.84. The highest BCUT2D eigenvalue weighted by atomic mass is 32.1. The highest BCUT2D eigenvalue weighted by Gasteiger charge is 2.08. The first-order valence-corrected chi connectivity index (χ1v) is 7.66. The maximum atomic E-state index is 12.0. The van der Waals surface area contributed by atoms with Crippen LogP contribution in [0.25, 0.3) is 16.8 Å². The SMILES string of the molecule is O=C(/C=C/c1ccc([N+](=O)[O-])s1)Nc1cccc2ccccc12. The Hall–Kier alpha value is -2.99. The Morgan fingerprint density at radius 1 is 1.09 bits per heavy atom. The zero-order valence-electron chi connectivity index (χ0n) is 11.9. The number of fused-ring (bicyclic) bond motifs is 1. The molecule has 0 aliphatic rings. The number of amides is 1. The van der Waals surface area contributed by atoms with Gasteiger partial charge in [0, 0.05) is 28.1 Å². The van der Waals surface area contributed by atoms with E-state index in [0.29, 0.717) is 4.88 Å². The molecular weight excluding hydrogens is 312 g/mol. The third kappa shape index (κ3) is 3.44. The monoisotopic (exact) mass is 324 g/mol. The van der Waals surface area contributed by atoms with Crippen LogP contribution in [0.15, 0.2) is 60.7 Å². The van der Waals surface area contributed by atoms with Crippen molar-refractivity contribution in [1.29, 1.82) is 0 Å². The molecule has 0 saturated heterocycles. The summed E-state index contributed by atoms with van der Waals surface area (Å²) in [5.74, 6) is -0.280. The normalized spacial score (nSPS) is 11.0. The van der Waals surface area contributed by atoms with Crippen LogP contribution >= 0.6 is 11.3 Å². The first kappa shape index (κ1) is 14.9. The van der Waals surface area contributed by atoms with E-state index in [2.05, 4.69) is 5.32 Å². The van der Waals surface area contributed by atoms with Crippen molar-refractivity contribution in [3.63, 3.8) is 0 Å². The van der Waals surface area contributed by atoms with Crippen molar-refractivity contribution in [3.05, 3.63) is 75.7 Å². The summed E-state index contributed by atoms with van der Waals surface area (Å²) in [6.45, 7) is 0. The number of thiophene rings is 1. The van der Waals surface area contributed by atoms with Crippen molar-refractivity contribution >= 4 is 44.8 Å². The molecule has 0 saturated carbocycles. The molecule has 0 bridgehead atoms. The maximum Gasteiger partial charge on any atom is 0.324 e. The number of benzene rings is 2. The van der Waals surface area contributed by atoms with Crippen LogP contribution in [0.5, 0.6) is 0 Å². The second kappa shape index (κ2) is 6.41. The lowest BCUT2D eigenvalue weighted by Gasteiger charge is -2.06. The van der Waals surface area contributed by atoms with Gasteiger partial charge in [0.05, 0.1) is 4.92 Å². The van der Waals surface area contributed by atoms with E-state index < -0.39 is 4.92 Å². The number of nitrogens with zero attached hydrogens (tertiary/aromatic N) is 1. The fraction of sp³-hybridized carbons (Fsp3) is 0. The van der Waals surface area contributed by atoms with Crippen molar-refractivity contribution in [2.45, 2.75) is 0 Å². The molecule has 3 rings (SSSR count). The van der Waals surface area contributed by atoms with Gasteiger partial charge in [-0.1, -0.05) is 47.7 Å². The number of carbonyl (C=O) groups is 1. The van der Waals surface area contributed by atoms with Crippen molar-refractivity contribution in [2.24, 2.45) is 0 Å². The minimum Gasteiger partial charge on any atom is -0.322 e. The van der Waals surface area contributed by atoms with Crippen molar-refractivity contribution in [2.75, 3.05) is 5.32 Å². The highest BCUT2D eigenvalue weighted by Crippen LogP contribution is 2.25. The summed E-state index contributed by atoms with van der Waals surface area (Å²) in [4.78, 5) is 22.9. The average molecular weight is 324 g/mol. The van der Waals surface area contributed by atoms with E-state index in [1.54, 1.807) is 12.1 Å². The smallest absolute Gasteiger partial charge is 0.322 e. The minimum absolute atomic E-state index is 0.0547. The lowest BCUT2D eigenvalue weighted by Crippen LogP contribution is -2.07. The van der Waals surface area contributed by atoms with Gasteiger partial charge in [-0.05, 0) is 23.6 Å². The number of rotatable bonds is 4. The summed E-state index contributed by atoms with van der Waals surface area (Å²) in [7, 11) is 0. The second-order valence-corrected chi connectivity index (χ2v) is 5.88. The molecule has 6 heteroatoms. The number of carbonyl (C=O) groups excluding carboxylic acids is 1. The fourth-order valence-electron chi connectivity index (χ4n) is 2.20. The quantitative estimate of drug-likeness (QED) is 0.437. The zero-order chi connectivity index (χ0) is 16.2. The van der Waals surface area contributed by atoms with Crippen molar-refractivity contribution < 1.29 is 9.72 Å². The van der Waals surface area contributed by atoms with Gasteiger partial charge in [-0.2, -0.15) is 0 Å². The second-order valence-electron chi connectivity index (χ2n) is 4.78. The van der Waals surface area contributed by atoms with Crippen molar-refractivity contribution in [3.8, 4) is 0 Å². The van der Waals surface area contributed by atoms with Gasteiger partial charge >= 0.3 is 5.00 Å². The van der Waals surface area contributed by atoms with Crippen LogP contribution < -0.4 is 5.32 Å². The van der Waals surface area contributed by atoms with E-state index in [-0.39, 0.29) is 10.9 Å². The van der Waals surface area contributed by atoms with Gasteiger partial charge in [-0.25, -0.2) is 0 Å². The zero-order valence-corrected chi connectivity index (χ0v) is 12.7. The van der Waals surface area contributed by atoms with E-state index >= 15 is 0 Å². The Kier molecular flexibility index (Phi) is 4.16. The van der Waals surface area contributed by atoms with Gasteiger partial charge in [-0.15, -0.1) is 0 Å². The number of nitro groups is 1. The lowest BCUT2D eigenvalue weighted by molar-refractivity contribution is -0.380. The molecule has 1 heterocycles. The third-order valence-electron chi connectivity index (χ3n) is 3.24.